The van der Waals surface area contributed by atoms with Gasteiger partial charge in [0.2, 0.25) is 0 Å². The Labute approximate surface area is 187 Å². The van der Waals surface area contributed by atoms with E-state index in [4.69, 9.17) is 4.98 Å². The van der Waals surface area contributed by atoms with E-state index in [2.05, 4.69) is 26.4 Å². The Balaban J connectivity index is 1.42. The summed E-state index contributed by atoms with van der Waals surface area (Å²) < 4.78 is 0. The van der Waals surface area contributed by atoms with Crippen LogP contribution in [0, 0.1) is 0 Å². The average molecular weight is 433 g/mol. The van der Waals surface area contributed by atoms with Crippen molar-refractivity contribution in [3.05, 3.63) is 60.1 Å². The largest absolute Gasteiger partial charge is 0.381 e. The Morgan fingerprint density at radius 2 is 2.00 bits per heavy atom. The smallest absolute Gasteiger partial charge is 0.253 e. The zero-order chi connectivity index (χ0) is 22.5. The first-order valence-electron chi connectivity index (χ1n) is 11.0. The molecule has 8 nitrogen and oxygen atoms in total. The van der Waals surface area contributed by atoms with Crippen LogP contribution in [-0.4, -0.2) is 54.5 Å². The summed E-state index contributed by atoms with van der Waals surface area (Å²) in [5.41, 5.74) is 4.86. The van der Waals surface area contributed by atoms with Crippen LogP contribution in [0.3, 0.4) is 0 Å². The molecule has 3 aromatic rings. The number of hydrogen-bond acceptors (Lipinski definition) is 6. The van der Waals surface area contributed by atoms with E-state index >= 15 is 0 Å². The first-order valence-corrected chi connectivity index (χ1v) is 11.0. The Morgan fingerprint density at radius 3 is 2.75 bits per heavy atom. The Morgan fingerprint density at radius 1 is 1.22 bits per heavy atom. The predicted molar refractivity (Wildman–Crippen MR) is 122 cm³/mol. The van der Waals surface area contributed by atoms with Crippen LogP contribution in [-0.2, 0) is 17.8 Å². The van der Waals surface area contributed by atoms with Crippen LogP contribution in [0.1, 0.15) is 49.6 Å². The molecule has 1 fully saturated rings. The lowest BCUT2D eigenvalue weighted by atomic mass is 9.87. The first kappa shape index (κ1) is 20.6. The third kappa shape index (κ3) is 3.54. The number of pyridine rings is 1. The zero-order valence-electron chi connectivity index (χ0n) is 18.5. The minimum atomic E-state index is -1.34. The van der Waals surface area contributed by atoms with Crippen molar-refractivity contribution in [2.75, 3.05) is 18.0 Å². The van der Waals surface area contributed by atoms with Crippen molar-refractivity contribution in [2.45, 2.75) is 51.2 Å². The maximum atomic E-state index is 12.4. The molecule has 0 spiro atoms. The molecule has 0 unspecified atom stereocenters. The number of nitrogens with one attached hydrogen (secondary N) is 1. The second-order valence-electron chi connectivity index (χ2n) is 9.21. The quantitative estimate of drug-likeness (QED) is 0.660. The van der Waals surface area contributed by atoms with Crippen molar-refractivity contribution in [3.63, 3.8) is 0 Å². The Bertz CT molecular complexity index is 1190. The fourth-order valence-corrected chi connectivity index (χ4v) is 4.88. The average Bonchev–Trinajstić information content (AvgIpc) is 3.26. The minimum Gasteiger partial charge on any atom is -0.381 e. The summed E-state index contributed by atoms with van der Waals surface area (Å²) in [7, 11) is 0. The van der Waals surface area contributed by atoms with Crippen molar-refractivity contribution in [3.8, 4) is 0 Å². The van der Waals surface area contributed by atoms with Crippen molar-refractivity contribution in [1.29, 1.82) is 0 Å². The molecule has 2 aliphatic heterocycles. The molecule has 3 aromatic heterocycles. The van der Waals surface area contributed by atoms with Gasteiger partial charge in [0.25, 0.3) is 5.91 Å². The highest BCUT2D eigenvalue weighted by atomic mass is 16.3. The molecular weight excluding hydrogens is 404 g/mol. The van der Waals surface area contributed by atoms with E-state index in [1.54, 1.807) is 25.1 Å². The van der Waals surface area contributed by atoms with Crippen LogP contribution in [0.2, 0.25) is 0 Å². The van der Waals surface area contributed by atoms with Gasteiger partial charge in [-0.2, -0.15) is 0 Å². The van der Waals surface area contributed by atoms with E-state index in [0.29, 0.717) is 26.1 Å². The number of nitrogens with zero attached hydrogens (tertiary/aromatic N) is 5. The second kappa shape index (κ2) is 7.70. The molecule has 32 heavy (non-hydrogen) atoms. The number of aromatic amines is 1. The van der Waals surface area contributed by atoms with Crippen molar-refractivity contribution < 1.29 is 9.90 Å². The third-order valence-corrected chi connectivity index (χ3v) is 6.56. The number of piperidine rings is 1. The molecule has 2 N–H and O–H groups in total. The van der Waals surface area contributed by atoms with Crippen molar-refractivity contribution in [2.24, 2.45) is 0 Å². The van der Waals surface area contributed by atoms with Gasteiger partial charge in [0, 0.05) is 54.5 Å². The summed E-state index contributed by atoms with van der Waals surface area (Å²) in [6.45, 7) is 9.32. The van der Waals surface area contributed by atoms with Crippen LogP contribution in [0.5, 0.6) is 0 Å². The van der Waals surface area contributed by atoms with E-state index in [1.807, 2.05) is 24.5 Å². The van der Waals surface area contributed by atoms with Crippen LogP contribution >= 0.6 is 0 Å². The van der Waals surface area contributed by atoms with Gasteiger partial charge in [0.1, 0.15) is 17.6 Å². The number of allylic oxidation sites excluding steroid dienone is 1. The molecule has 0 saturated carbocycles. The molecule has 0 aromatic carbocycles. The number of anilines is 1. The SMILES string of the molecule is C=C1Cc2ncnc(C3CCN(C(=O)C(C)(C)O)CC3)c2CN1c1ccnc2[nH]ccc12. The van der Waals surface area contributed by atoms with Gasteiger partial charge in [-0.05, 0) is 38.8 Å². The van der Waals surface area contributed by atoms with Crippen LogP contribution < -0.4 is 4.90 Å². The minimum absolute atomic E-state index is 0.212. The van der Waals surface area contributed by atoms with Gasteiger partial charge in [-0.3, -0.25) is 4.79 Å². The number of aliphatic hydroxyl groups is 1. The number of amides is 1. The number of fused-ring (bicyclic) bond motifs is 2. The Hall–Kier alpha value is -3.26. The molecule has 1 amide bonds. The number of H-pyrrole nitrogens is 1. The van der Waals surface area contributed by atoms with E-state index in [9.17, 15) is 9.90 Å². The topological polar surface area (TPSA) is 98.2 Å². The zero-order valence-corrected chi connectivity index (χ0v) is 18.5. The van der Waals surface area contributed by atoms with Crippen LogP contribution in [0.4, 0.5) is 5.69 Å². The molecule has 8 heteroatoms. The van der Waals surface area contributed by atoms with Gasteiger partial charge in [-0.25, -0.2) is 15.0 Å². The van der Waals surface area contributed by atoms with Gasteiger partial charge in [0.05, 0.1) is 23.6 Å². The number of carbonyl (C=O) groups excluding carboxylic acids is 1. The summed E-state index contributed by atoms with van der Waals surface area (Å²) in [4.78, 5) is 33.3. The normalized spacial score (nSPS) is 17.7. The van der Waals surface area contributed by atoms with Crippen LogP contribution in [0.15, 0.2) is 43.1 Å². The molecular formula is C24H28N6O2. The van der Waals surface area contributed by atoms with Gasteiger partial charge in [-0.1, -0.05) is 6.58 Å². The summed E-state index contributed by atoms with van der Waals surface area (Å²) in [5, 5.41) is 11.1. The standard InChI is InChI=1S/C24H28N6O2/c1-15-12-19-18(13-30(15)20-5-9-26-22-17(20)4-8-25-22)21(28-14-27-19)16-6-10-29(11-7-16)23(31)24(2,3)32/h4-5,8-9,14,16,32H,1,6-7,10-13H2,2-3H3,(H,25,26). The number of hydrogen-bond donors (Lipinski definition) is 2. The maximum Gasteiger partial charge on any atom is 0.253 e. The maximum absolute atomic E-state index is 12.4. The number of likely N-dealkylation sites (tertiary alicyclic amines) is 1. The summed E-state index contributed by atoms with van der Waals surface area (Å²) >= 11 is 0. The lowest BCUT2D eigenvalue weighted by molar-refractivity contribution is -0.148. The molecule has 0 radical (unpaired) electrons. The molecule has 2 aliphatic rings. The second-order valence-corrected chi connectivity index (χ2v) is 9.21. The highest BCUT2D eigenvalue weighted by molar-refractivity contribution is 5.90. The monoisotopic (exact) mass is 432 g/mol. The van der Waals surface area contributed by atoms with E-state index in [1.165, 1.54) is 0 Å². The molecule has 166 valence electrons. The predicted octanol–water partition coefficient (Wildman–Crippen LogP) is 2.91. The van der Waals surface area contributed by atoms with Crippen LogP contribution in [0.25, 0.3) is 11.0 Å². The lowest BCUT2D eigenvalue weighted by Gasteiger charge is -2.37. The van der Waals surface area contributed by atoms with E-state index in [0.717, 1.165) is 52.2 Å². The number of rotatable bonds is 3. The molecule has 0 atom stereocenters. The fourth-order valence-electron chi connectivity index (χ4n) is 4.88. The molecule has 0 aliphatic carbocycles. The lowest BCUT2D eigenvalue weighted by Crippen LogP contribution is -2.48. The Kier molecular flexibility index (Phi) is 4.97. The van der Waals surface area contributed by atoms with Gasteiger partial charge < -0.3 is 19.9 Å². The van der Waals surface area contributed by atoms with E-state index < -0.39 is 5.60 Å². The fraction of sp³-hybridized carbons (Fsp3) is 0.417. The van der Waals surface area contributed by atoms with Crippen molar-refractivity contribution >= 4 is 22.6 Å². The first-order chi connectivity index (χ1) is 15.3. The summed E-state index contributed by atoms with van der Waals surface area (Å²) in [6.07, 6.45) is 7.69. The van der Waals surface area contributed by atoms with Gasteiger partial charge in [0.15, 0.2) is 0 Å². The highest BCUT2D eigenvalue weighted by Gasteiger charge is 2.34. The molecule has 5 heterocycles. The molecule has 0 bridgehead atoms. The van der Waals surface area contributed by atoms with E-state index in [-0.39, 0.29) is 11.8 Å². The number of carbonyl (C=O) groups is 1. The summed E-state index contributed by atoms with van der Waals surface area (Å²) in [6, 6.07) is 4.06. The highest BCUT2D eigenvalue weighted by Crippen LogP contribution is 2.37. The number of aromatic nitrogens is 4. The molecule has 1 saturated heterocycles. The van der Waals surface area contributed by atoms with Crippen molar-refractivity contribution in [1.82, 2.24) is 24.8 Å². The van der Waals surface area contributed by atoms with Gasteiger partial charge >= 0.3 is 0 Å². The summed E-state index contributed by atoms with van der Waals surface area (Å²) in [5.74, 6) is 0.0480. The third-order valence-electron chi connectivity index (χ3n) is 6.56. The molecule has 5 rings (SSSR count). The van der Waals surface area contributed by atoms with Gasteiger partial charge in [-0.15, -0.1) is 0 Å².